The second-order valence-corrected chi connectivity index (χ2v) is 6.31. The highest BCUT2D eigenvalue weighted by Gasteiger charge is 2.13. The average molecular weight is 342 g/mol. The van der Waals surface area contributed by atoms with Crippen LogP contribution in [0.3, 0.4) is 0 Å². The maximum Gasteiger partial charge on any atom is 0.246 e. The van der Waals surface area contributed by atoms with Crippen LogP contribution in [0, 0.1) is 11.8 Å². The van der Waals surface area contributed by atoms with Gasteiger partial charge in [0.2, 0.25) is 13.5 Å². The van der Waals surface area contributed by atoms with Crippen LogP contribution in [0.1, 0.15) is 36.7 Å². The Morgan fingerprint density at radius 1 is 1.38 bits per heavy atom. The van der Waals surface area contributed by atoms with E-state index < -0.39 is 0 Å². The third kappa shape index (κ3) is 3.43. The number of nitrogens with one attached hydrogen (secondary N) is 1. The van der Waals surface area contributed by atoms with E-state index in [4.69, 9.17) is 7.98 Å². The van der Waals surface area contributed by atoms with Gasteiger partial charge in [-0.3, -0.25) is 9.48 Å². The molecule has 0 unspecified atom stereocenters. The zero-order valence-electron chi connectivity index (χ0n) is 15.1. The summed E-state index contributed by atoms with van der Waals surface area (Å²) in [6.45, 7) is 7.64. The minimum atomic E-state index is -0.274. The molecule has 0 amide bonds. The predicted octanol–water partition coefficient (Wildman–Crippen LogP) is 2.25. The zero-order valence-corrected chi connectivity index (χ0v) is 15.1. The Morgan fingerprint density at radius 2 is 2.15 bits per heavy atom. The van der Waals surface area contributed by atoms with Crippen LogP contribution < -0.4 is 10.9 Å². The lowest BCUT2D eigenvalue weighted by Gasteiger charge is -2.20. The molecule has 5 nitrogen and oxygen atoms in total. The van der Waals surface area contributed by atoms with Crippen LogP contribution in [-0.2, 0) is 7.05 Å². The van der Waals surface area contributed by atoms with Crippen LogP contribution in [0.5, 0.6) is 0 Å². The van der Waals surface area contributed by atoms with Crippen molar-refractivity contribution in [2.24, 2.45) is 7.05 Å². The highest BCUT2D eigenvalue weighted by atomic mass is 16.1. The summed E-state index contributed by atoms with van der Waals surface area (Å²) >= 11 is 0. The molecule has 3 rings (SSSR count). The molecule has 0 aliphatic rings. The number of fused-ring (bicyclic) bond motifs is 1. The molecule has 0 saturated heterocycles. The van der Waals surface area contributed by atoms with Gasteiger partial charge in [0.05, 0.1) is 23.2 Å². The number of pyridine rings is 1. The second kappa shape index (κ2) is 6.97. The molecule has 0 spiro atoms. The number of hydrogen-bond acceptors (Lipinski definition) is 3. The number of nitrogens with zero attached hydrogens (tertiary/aromatic N) is 3. The van der Waals surface area contributed by atoms with E-state index in [-0.39, 0.29) is 11.6 Å². The van der Waals surface area contributed by atoms with Gasteiger partial charge >= 0.3 is 0 Å². The fourth-order valence-electron chi connectivity index (χ4n) is 2.90. The molecule has 0 bridgehead atoms. The topological polar surface area (TPSA) is 51.9 Å². The fourth-order valence-corrected chi connectivity index (χ4v) is 2.90. The average Bonchev–Trinajstić information content (AvgIpc) is 3.00. The molecule has 3 aromatic rings. The van der Waals surface area contributed by atoms with Crippen molar-refractivity contribution in [1.29, 1.82) is 0 Å². The Hall–Kier alpha value is -3.20. The highest BCUT2D eigenvalue weighted by Crippen LogP contribution is 2.20. The molecule has 0 fully saturated rings. The maximum atomic E-state index is 12.9. The van der Waals surface area contributed by atoms with Gasteiger partial charge in [-0.25, -0.2) is 0 Å². The molecule has 0 aliphatic carbocycles. The highest BCUT2D eigenvalue weighted by molar-refractivity contribution is 6.08. The molecule has 2 aromatic heterocycles. The van der Waals surface area contributed by atoms with Gasteiger partial charge in [0.1, 0.15) is 0 Å². The largest absolute Gasteiger partial charge is 0.381 e. The molecule has 2 heterocycles. The number of rotatable bonds is 3. The number of aryl methyl sites for hydroxylation is 1. The Kier molecular flexibility index (Phi) is 4.72. The molecule has 128 valence electrons. The first-order chi connectivity index (χ1) is 12.4. The van der Waals surface area contributed by atoms with Crippen LogP contribution in [0.25, 0.3) is 10.8 Å². The minimum absolute atomic E-state index is 0.139. The van der Waals surface area contributed by atoms with Crippen molar-refractivity contribution in [2.45, 2.75) is 19.9 Å². The van der Waals surface area contributed by atoms with Crippen molar-refractivity contribution in [2.75, 3.05) is 0 Å². The molecule has 6 heteroatoms. The number of aromatic nitrogens is 3. The van der Waals surface area contributed by atoms with E-state index in [1.807, 2.05) is 51.4 Å². The number of allylic oxidation sites excluding steroid dienone is 1. The Labute approximate surface area is 153 Å². The number of benzene rings is 1. The van der Waals surface area contributed by atoms with Crippen molar-refractivity contribution >= 4 is 18.8 Å². The van der Waals surface area contributed by atoms with Gasteiger partial charge in [-0.05, 0) is 31.4 Å². The molecule has 26 heavy (non-hydrogen) atoms. The molecule has 1 aromatic carbocycles. The summed E-state index contributed by atoms with van der Waals surface area (Å²) < 4.78 is 2.86. The van der Waals surface area contributed by atoms with E-state index in [1.165, 1.54) is 4.48 Å². The van der Waals surface area contributed by atoms with Crippen molar-refractivity contribution in [3.63, 3.8) is 0 Å². The lowest BCUT2D eigenvalue weighted by atomic mass is 10.0. The summed E-state index contributed by atoms with van der Waals surface area (Å²) in [5.41, 5.74) is 2.64. The first-order valence-electron chi connectivity index (χ1n) is 8.23. The van der Waals surface area contributed by atoms with E-state index >= 15 is 0 Å². The van der Waals surface area contributed by atoms with Crippen LogP contribution in [0.2, 0.25) is 0 Å². The summed E-state index contributed by atoms with van der Waals surface area (Å²) in [6.07, 6.45) is 3.50. The Morgan fingerprint density at radius 3 is 2.81 bits per heavy atom. The van der Waals surface area contributed by atoms with Crippen molar-refractivity contribution in [3.05, 3.63) is 76.1 Å². The van der Waals surface area contributed by atoms with Crippen LogP contribution in [0.4, 0.5) is 0 Å². The van der Waals surface area contributed by atoms with Gasteiger partial charge in [0, 0.05) is 30.2 Å². The van der Waals surface area contributed by atoms with Crippen LogP contribution >= 0.6 is 0 Å². The molecular formula is C20H19BN4O. The third-order valence-electron chi connectivity index (χ3n) is 4.06. The van der Waals surface area contributed by atoms with Crippen molar-refractivity contribution in [1.82, 2.24) is 19.6 Å². The SMILES string of the molecule is [B]n1c([C@H](C)NC(=C)C)cc2cccc(C#Cc3cnn(C)c3)c2c1=O. The molecule has 0 aliphatic heterocycles. The number of hydrogen-bond donors (Lipinski definition) is 1. The lowest BCUT2D eigenvalue weighted by molar-refractivity contribution is 0.627. The van der Waals surface area contributed by atoms with Crippen molar-refractivity contribution < 1.29 is 0 Å². The minimum Gasteiger partial charge on any atom is -0.381 e. The first-order valence-corrected chi connectivity index (χ1v) is 8.23. The normalized spacial score (nSPS) is 11.7. The fraction of sp³-hybridized carbons (Fsp3) is 0.200. The predicted molar refractivity (Wildman–Crippen MR) is 105 cm³/mol. The summed E-state index contributed by atoms with van der Waals surface area (Å²) in [6, 6.07) is 7.37. The molecule has 1 N–H and O–H groups in total. The molecule has 0 saturated carbocycles. The first kappa shape index (κ1) is 17.6. The molecule has 2 radical (unpaired) electrons. The lowest BCUT2D eigenvalue weighted by Crippen LogP contribution is -2.28. The monoisotopic (exact) mass is 342 g/mol. The Bertz CT molecular complexity index is 1110. The summed E-state index contributed by atoms with van der Waals surface area (Å²) in [7, 11) is 7.91. The third-order valence-corrected chi connectivity index (χ3v) is 4.06. The quantitative estimate of drug-likeness (QED) is 0.587. The van der Waals surface area contributed by atoms with E-state index in [0.29, 0.717) is 16.6 Å². The smallest absolute Gasteiger partial charge is 0.246 e. The standard InChI is InChI=1S/C20H19BN4O/c1-13(2)23-14(3)18-10-17-7-5-6-16(19(17)20(26)25(18)21)9-8-15-11-22-24(4)12-15/h5-7,10-12,14,23H,1H2,2-4H3/t14-/m0/s1. The van der Waals surface area contributed by atoms with Crippen LogP contribution in [0.15, 0.2) is 53.7 Å². The van der Waals surface area contributed by atoms with Gasteiger partial charge in [0.25, 0.3) is 0 Å². The molecular weight excluding hydrogens is 323 g/mol. The van der Waals surface area contributed by atoms with Gasteiger partial charge < -0.3 is 9.79 Å². The van der Waals surface area contributed by atoms with E-state index in [0.717, 1.165) is 16.6 Å². The van der Waals surface area contributed by atoms with Gasteiger partial charge in [-0.1, -0.05) is 30.6 Å². The summed E-state index contributed by atoms with van der Waals surface area (Å²) in [5.74, 6) is 6.10. The summed E-state index contributed by atoms with van der Waals surface area (Å²) in [5, 5.41) is 8.59. The molecule has 1 atom stereocenters. The zero-order chi connectivity index (χ0) is 18.8. The van der Waals surface area contributed by atoms with Gasteiger partial charge in [-0.2, -0.15) is 5.10 Å². The van der Waals surface area contributed by atoms with Gasteiger partial charge in [-0.15, -0.1) is 0 Å². The summed E-state index contributed by atoms with van der Waals surface area (Å²) in [4.78, 5) is 12.9. The second-order valence-electron chi connectivity index (χ2n) is 6.31. The van der Waals surface area contributed by atoms with E-state index in [9.17, 15) is 4.79 Å². The Balaban J connectivity index is 2.14. The van der Waals surface area contributed by atoms with Crippen molar-refractivity contribution in [3.8, 4) is 11.8 Å². The van der Waals surface area contributed by atoms with E-state index in [2.05, 4.69) is 28.8 Å². The van der Waals surface area contributed by atoms with Crippen LogP contribution in [-0.4, -0.2) is 22.2 Å². The maximum absolute atomic E-state index is 12.9. The van der Waals surface area contributed by atoms with E-state index in [1.54, 1.807) is 10.9 Å². The van der Waals surface area contributed by atoms with Gasteiger partial charge in [0.15, 0.2) is 0 Å².